The van der Waals surface area contributed by atoms with Crippen molar-refractivity contribution in [3.63, 3.8) is 0 Å². The van der Waals surface area contributed by atoms with Crippen molar-refractivity contribution in [1.29, 1.82) is 0 Å². The molecule has 2 aromatic rings. The molecule has 5 nitrogen and oxygen atoms in total. The van der Waals surface area contributed by atoms with Gasteiger partial charge in [0, 0.05) is 48.7 Å². The average Bonchev–Trinajstić information content (AvgIpc) is 2.64. The highest BCUT2D eigenvalue weighted by atomic mass is 16.5. The van der Waals surface area contributed by atoms with Gasteiger partial charge in [-0.1, -0.05) is 13.8 Å². The molecule has 0 unspecified atom stereocenters. The quantitative estimate of drug-likeness (QED) is 0.491. The minimum absolute atomic E-state index is 0.498. The number of rotatable bonds is 9. The van der Waals surface area contributed by atoms with Crippen molar-refractivity contribution in [1.82, 2.24) is 4.98 Å². The lowest BCUT2D eigenvalue weighted by Gasteiger charge is -2.21. The zero-order chi connectivity index (χ0) is 19.1. The second kappa shape index (κ2) is 9.22. The molecule has 0 aliphatic heterocycles. The molecular weight excluding hydrogens is 328 g/mol. The molecule has 0 radical (unpaired) electrons. The Morgan fingerprint density at radius 3 is 2.62 bits per heavy atom. The Balaban J connectivity index is 2.37. The summed E-state index contributed by atoms with van der Waals surface area (Å²) in [6.07, 6.45) is 6.17. The summed E-state index contributed by atoms with van der Waals surface area (Å²) in [4.78, 5) is 17.6. The SMILES string of the molecule is COc1cncc(C=O)c1-c1ccc(OCCCC(C)C)cc1N(C)C. The Morgan fingerprint density at radius 1 is 1.23 bits per heavy atom. The zero-order valence-corrected chi connectivity index (χ0v) is 16.3. The summed E-state index contributed by atoms with van der Waals surface area (Å²) in [5.74, 6) is 2.07. The molecule has 1 heterocycles. The van der Waals surface area contributed by atoms with Crippen molar-refractivity contribution >= 4 is 12.0 Å². The molecule has 1 aromatic carbocycles. The first-order valence-electron chi connectivity index (χ1n) is 8.89. The Labute approximate surface area is 156 Å². The zero-order valence-electron chi connectivity index (χ0n) is 16.3. The third kappa shape index (κ3) is 4.75. The molecular formula is C21H28N2O3. The van der Waals surface area contributed by atoms with Gasteiger partial charge < -0.3 is 14.4 Å². The molecule has 0 saturated carbocycles. The molecule has 0 atom stereocenters. The number of benzene rings is 1. The molecule has 0 aliphatic rings. The first kappa shape index (κ1) is 19.8. The number of hydrogen-bond donors (Lipinski definition) is 0. The van der Waals surface area contributed by atoms with Gasteiger partial charge in [0.15, 0.2) is 6.29 Å². The van der Waals surface area contributed by atoms with E-state index >= 15 is 0 Å². The van der Waals surface area contributed by atoms with Crippen LogP contribution < -0.4 is 14.4 Å². The van der Waals surface area contributed by atoms with Crippen molar-refractivity contribution in [2.75, 3.05) is 32.7 Å². The number of nitrogens with zero attached hydrogens (tertiary/aromatic N) is 2. The van der Waals surface area contributed by atoms with Crippen molar-refractivity contribution in [3.05, 3.63) is 36.2 Å². The molecule has 2 rings (SSSR count). The van der Waals surface area contributed by atoms with Crippen LogP contribution in [0.4, 0.5) is 5.69 Å². The van der Waals surface area contributed by atoms with Gasteiger partial charge in [-0.15, -0.1) is 0 Å². The molecule has 0 bridgehead atoms. The molecule has 1 aromatic heterocycles. The number of methoxy groups -OCH3 is 1. The fraction of sp³-hybridized carbons (Fsp3) is 0.429. The summed E-state index contributed by atoms with van der Waals surface area (Å²) in [5.41, 5.74) is 3.11. The van der Waals surface area contributed by atoms with Gasteiger partial charge in [0.2, 0.25) is 0 Å². The van der Waals surface area contributed by atoms with E-state index in [1.807, 2.05) is 37.2 Å². The number of ether oxygens (including phenoxy) is 2. The molecule has 0 N–H and O–H groups in total. The maximum Gasteiger partial charge on any atom is 0.152 e. The van der Waals surface area contributed by atoms with Crippen LogP contribution in [-0.4, -0.2) is 39.1 Å². The third-order valence-electron chi connectivity index (χ3n) is 4.20. The number of carbonyl (C=O) groups excluding carboxylic acids is 1. The minimum Gasteiger partial charge on any atom is -0.494 e. The van der Waals surface area contributed by atoms with E-state index in [0.29, 0.717) is 23.8 Å². The fourth-order valence-electron chi connectivity index (χ4n) is 2.85. The lowest BCUT2D eigenvalue weighted by Crippen LogP contribution is -2.11. The number of pyridine rings is 1. The molecule has 5 heteroatoms. The first-order chi connectivity index (χ1) is 12.5. The topological polar surface area (TPSA) is 51.7 Å². The van der Waals surface area contributed by atoms with E-state index in [0.717, 1.165) is 41.7 Å². The predicted octanol–water partition coefficient (Wildman–Crippen LogP) is 4.45. The number of aldehydes is 1. The second-order valence-corrected chi connectivity index (χ2v) is 6.88. The second-order valence-electron chi connectivity index (χ2n) is 6.88. The summed E-state index contributed by atoms with van der Waals surface area (Å²) in [5, 5.41) is 0. The van der Waals surface area contributed by atoms with Crippen LogP contribution in [0.2, 0.25) is 0 Å². The van der Waals surface area contributed by atoms with Crippen LogP contribution in [0.15, 0.2) is 30.6 Å². The average molecular weight is 356 g/mol. The Kier molecular flexibility index (Phi) is 7.01. The first-order valence-corrected chi connectivity index (χ1v) is 8.89. The smallest absolute Gasteiger partial charge is 0.152 e. The molecule has 0 spiro atoms. The normalized spacial score (nSPS) is 10.7. The molecule has 0 aliphatic carbocycles. The lowest BCUT2D eigenvalue weighted by atomic mass is 9.99. The van der Waals surface area contributed by atoms with E-state index in [1.165, 1.54) is 0 Å². The van der Waals surface area contributed by atoms with Crippen LogP contribution in [0.1, 0.15) is 37.0 Å². The van der Waals surface area contributed by atoms with Gasteiger partial charge in [0.25, 0.3) is 0 Å². The van der Waals surface area contributed by atoms with E-state index in [-0.39, 0.29) is 0 Å². The molecule has 26 heavy (non-hydrogen) atoms. The number of hydrogen-bond acceptors (Lipinski definition) is 5. The van der Waals surface area contributed by atoms with Crippen LogP contribution in [0.5, 0.6) is 11.5 Å². The predicted molar refractivity (Wildman–Crippen MR) is 106 cm³/mol. The van der Waals surface area contributed by atoms with Gasteiger partial charge in [-0.2, -0.15) is 0 Å². The van der Waals surface area contributed by atoms with Gasteiger partial charge >= 0.3 is 0 Å². The fourth-order valence-corrected chi connectivity index (χ4v) is 2.85. The van der Waals surface area contributed by atoms with Crippen molar-refractivity contribution in [2.45, 2.75) is 26.7 Å². The Bertz CT molecular complexity index is 742. The largest absolute Gasteiger partial charge is 0.494 e. The monoisotopic (exact) mass is 356 g/mol. The van der Waals surface area contributed by atoms with E-state index in [1.54, 1.807) is 19.5 Å². The Morgan fingerprint density at radius 2 is 2.00 bits per heavy atom. The summed E-state index contributed by atoms with van der Waals surface area (Å²) in [7, 11) is 5.52. The highest BCUT2D eigenvalue weighted by molar-refractivity contribution is 5.94. The van der Waals surface area contributed by atoms with E-state index in [4.69, 9.17) is 9.47 Å². The standard InChI is InChI=1S/C21H28N2O3/c1-15(2)7-6-10-26-17-8-9-18(19(11-17)23(3)4)21-16(14-24)12-22-13-20(21)25-5/h8-9,11-15H,6-7,10H2,1-5H3. The van der Waals surface area contributed by atoms with Gasteiger partial charge in [-0.05, 0) is 30.9 Å². The Hall–Kier alpha value is -2.56. The lowest BCUT2D eigenvalue weighted by molar-refractivity contribution is 0.112. The van der Waals surface area contributed by atoms with Crippen molar-refractivity contribution in [3.8, 4) is 22.6 Å². The molecule has 0 amide bonds. The number of aromatic nitrogens is 1. The van der Waals surface area contributed by atoms with E-state index in [9.17, 15) is 4.79 Å². The molecule has 0 fully saturated rings. The molecule has 0 saturated heterocycles. The van der Waals surface area contributed by atoms with Gasteiger partial charge in [0.1, 0.15) is 11.5 Å². The van der Waals surface area contributed by atoms with Crippen molar-refractivity contribution < 1.29 is 14.3 Å². The van der Waals surface area contributed by atoms with E-state index < -0.39 is 0 Å². The van der Waals surface area contributed by atoms with E-state index in [2.05, 4.69) is 18.8 Å². The maximum atomic E-state index is 11.5. The summed E-state index contributed by atoms with van der Waals surface area (Å²) in [6.45, 7) is 5.12. The number of anilines is 1. The van der Waals surface area contributed by atoms with Crippen LogP contribution in [-0.2, 0) is 0 Å². The van der Waals surface area contributed by atoms with Gasteiger partial charge in [0.05, 0.1) is 19.9 Å². The minimum atomic E-state index is 0.498. The summed E-state index contributed by atoms with van der Waals surface area (Å²) < 4.78 is 11.3. The van der Waals surface area contributed by atoms with Crippen LogP contribution in [0.3, 0.4) is 0 Å². The van der Waals surface area contributed by atoms with Crippen LogP contribution in [0, 0.1) is 5.92 Å². The molecule has 140 valence electrons. The van der Waals surface area contributed by atoms with Crippen molar-refractivity contribution in [2.24, 2.45) is 5.92 Å². The third-order valence-corrected chi connectivity index (χ3v) is 4.20. The highest BCUT2D eigenvalue weighted by Gasteiger charge is 2.17. The van der Waals surface area contributed by atoms with Crippen LogP contribution >= 0.6 is 0 Å². The summed E-state index contributed by atoms with van der Waals surface area (Å²) >= 11 is 0. The van der Waals surface area contributed by atoms with Gasteiger partial charge in [-0.25, -0.2) is 0 Å². The maximum absolute atomic E-state index is 11.5. The highest BCUT2D eigenvalue weighted by Crippen LogP contribution is 2.39. The van der Waals surface area contributed by atoms with Crippen LogP contribution in [0.25, 0.3) is 11.1 Å². The van der Waals surface area contributed by atoms with Gasteiger partial charge in [-0.3, -0.25) is 9.78 Å². The summed E-state index contributed by atoms with van der Waals surface area (Å²) in [6, 6.07) is 5.91. The number of carbonyl (C=O) groups is 1.